The van der Waals surface area contributed by atoms with Crippen LogP contribution in [0, 0.1) is 13.8 Å². The van der Waals surface area contributed by atoms with Crippen LogP contribution in [-0.2, 0) is 27.4 Å². The molecule has 1 heterocycles. The third-order valence-corrected chi connectivity index (χ3v) is 4.80. The number of fused-ring (bicyclic) bond motifs is 1. The highest BCUT2D eigenvalue weighted by Crippen LogP contribution is 2.13. The molecule has 0 fully saturated rings. The van der Waals surface area contributed by atoms with Crippen LogP contribution >= 0.6 is 0 Å². The van der Waals surface area contributed by atoms with E-state index >= 15 is 0 Å². The van der Waals surface area contributed by atoms with Crippen LogP contribution in [0.3, 0.4) is 0 Å². The zero-order valence-electron chi connectivity index (χ0n) is 16.8. The molecule has 1 aromatic heterocycles. The van der Waals surface area contributed by atoms with Gasteiger partial charge in [-0.25, -0.2) is 4.79 Å². The first kappa shape index (κ1) is 20.4. The van der Waals surface area contributed by atoms with Crippen molar-refractivity contribution in [2.24, 2.45) is 0 Å². The van der Waals surface area contributed by atoms with Gasteiger partial charge in [-0.3, -0.25) is 14.2 Å². The summed E-state index contributed by atoms with van der Waals surface area (Å²) < 4.78 is 11.6. The molecule has 1 amide bonds. The number of likely N-dealkylation sites (N-methyl/N-ethyl adjacent to an activating group) is 1. The smallest absolute Gasteiger partial charge is 0.419 e. The predicted octanol–water partition coefficient (Wildman–Crippen LogP) is 2.80. The van der Waals surface area contributed by atoms with Crippen LogP contribution in [0.1, 0.15) is 23.1 Å². The van der Waals surface area contributed by atoms with E-state index in [1.165, 1.54) is 15.0 Å². The quantitative estimate of drug-likeness (QED) is 0.574. The molecular weight excluding hydrogens is 372 g/mol. The minimum Gasteiger partial charge on any atom is -0.456 e. The molecule has 0 spiro atoms. The van der Waals surface area contributed by atoms with Crippen LogP contribution in [0.15, 0.2) is 51.7 Å². The molecule has 3 rings (SSSR count). The summed E-state index contributed by atoms with van der Waals surface area (Å²) >= 11 is 0. The monoisotopic (exact) mass is 396 g/mol. The molecule has 0 saturated heterocycles. The van der Waals surface area contributed by atoms with Crippen molar-refractivity contribution in [3.63, 3.8) is 0 Å². The predicted molar refractivity (Wildman–Crippen MR) is 108 cm³/mol. The van der Waals surface area contributed by atoms with Crippen LogP contribution < -0.4 is 5.76 Å². The van der Waals surface area contributed by atoms with Gasteiger partial charge >= 0.3 is 11.7 Å². The summed E-state index contributed by atoms with van der Waals surface area (Å²) in [6, 6.07) is 13.1. The van der Waals surface area contributed by atoms with Gasteiger partial charge in [0.15, 0.2) is 12.2 Å². The highest BCUT2D eigenvalue weighted by molar-refractivity contribution is 5.80. The van der Waals surface area contributed by atoms with E-state index in [1.807, 2.05) is 26.0 Å². The van der Waals surface area contributed by atoms with E-state index in [2.05, 4.69) is 6.07 Å². The lowest BCUT2D eigenvalue weighted by atomic mass is 10.1. The topological polar surface area (TPSA) is 81.8 Å². The minimum absolute atomic E-state index is 0.0303. The molecule has 0 atom stereocenters. The van der Waals surface area contributed by atoms with Crippen LogP contribution in [0.4, 0.5) is 0 Å². The van der Waals surface area contributed by atoms with Crippen LogP contribution in [0.2, 0.25) is 0 Å². The minimum atomic E-state index is -0.546. The number of amides is 1. The Morgan fingerprint density at radius 1 is 1.14 bits per heavy atom. The fraction of sp³-hybridized carbons (Fsp3) is 0.318. The Hall–Kier alpha value is -3.35. The van der Waals surface area contributed by atoms with Gasteiger partial charge in [-0.2, -0.15) is 0 Å². The highest BCUT2D eigenvalue weighted by atomic mass is 16.5. The number of carbonyl (C=O) groups is 2. The Morgan fingerprint density at radius 3 is 2.66 bits per heavy atom. The van der Waals surface area contributed by atoms with Crippen molar-refractivity contribution in [3.05, 3.63) is 69.7 Å². The molecule has 7 nitrogen and oxygen atoms in total. The molecule has 3 aromatic rings. The molecule has 0 bridgehead atoms. The molecule has 0 radical (unpaired) electrons. The molecule has 0 saturated carbocycles. The summed E-state index contributed by atoms with van der Waals surface area (Å²) in [7, 11) is 1.67. The second kappa shape index (κ2) is 8.77. The van der Waals surface area contributed by atoms with E-state index in [0.29, 0.717) is 17.6 Å². The summed E-state index contributed by atoms with van der Waals surface area (Å²) in [6.07, 6.45) is -0.0303. The van der Waals surface area contributed by atoms with Crippen molar-refractivity contribution in [2.75, 3.05) is 13.7 Å². The van der Waals surface area contributed by atoms with E-state index in [0.717, 1.165) is 11.1 Å². The molecule has 0 N–H and O–H groups in total. The van der Waals surface area contributed by atoms with E-state index in [9.17, 15) is 14.4 Å². The van der Waals surface area contributed by atoms with Gasteiger partial charge in [0, 0.05) is 20.1 Å². The Labute approximate surface area is 168 Å². The van der Waals surface area contributed by atoms with Crippen molar-refractivity contribution in [3.8, 4) is 0 Å². The summed E-state index contributed by atoms with van der Waals surface area (Å²) in [5, 5.41) is 0. The molecule has 29 heavy (non-hydrogen) atoms. The fourth-order valence-electron chi connectivity index (χ4n) is 3.12. The molecule has 7 heteroatoms. The number of hydrogen-bond donors (Lipinski definition) is 0. The van der Waals surface area contributed by atoms with Gasteiger partial charge in [-0.1, -0.05) is 35.9 Å². The van der Waals surface area contributed by atoms with Gasteiger partial charge in [0.05, 0.1) is 11.9 Å². The maximum Gasteiger partial charge on any atom is 0.419 e. The van der Waals surface area contributed by atoms with Gasteiger partial charge < -0.3 is 14.1 Å². The number of oxazole rings is 1. The number of ether oxygens (including phenoxy) is 1. The van der Waals surface area contributed by atoms with Crippen LogP contribution in [0.25, 0.3) is 11.1 Å². The maximum atomic E-state index is 12.3. The summed E-state index contributed by atoms with van der Waals surface area (Å²) in [6.45, 7) is 4.26. The normalized spacial score (nSPS) is 10.9. The number of aromatic nitrogens is 1. The molecule has 0 unspecified atom stereocenters. The summed E-state index contributed by atoms with van der Waals surface area (Å²) in [4.78, 5) is 37.7. The van der Waals surface area contributed by atoms with Gasteiger partial charge in [0.25, 0.3) is 5.91 Å². The molecule has 0 aliphatic heterocycles. The average Bonchev–Trinajstić information content (AvgIpc) is 3.01. The lowest BCUT2D eigenvalue weighted by Gasteiger charge is -2.18. The van der Waals surface area contributed by atoms with Gasteiger partial charge in [-0.05, 0) is 37.1 Å². The van der Waals surface area contributed by atoms with Crippen molar-refractivity contribution in [1.82, 2.24) is 9.47 Å². The number of esters is 1. The first-order chi connectivity index (χ1) is 13.8. The number of nitrogens with zero attached hydrogens (tertiary/aromatic N) is 2. The van der Waals surface area contributed by atoms with Gasteiger partial charge in [-0.15, -0.1) is 0 Å². The Morgan fingerprint density at radius 2 is 1.90 bits per heavy atom. The van der Waals surface area contributed by atoms with Crippen LogP contribution in [0.5, 0.6) is 0 Å². The number of para-hydroxylation sites is 2. The van der Waals surface area contributed by atoms with E-state index in [-0.39, 0.29) is 25.5 Å². The largest absolute Gasteiger partial charge is 0.456 e. The number of benzene rings is 2. The second-order valence-electron chi connectivity index (χ2n) is 7.08. The SMILES string of the molecule is Cc1ccc(CN(C)C(=O)COC(=O)CCn2c(=O)oc3ccccc32)c(C)c1. The summed E-state index contributed by atoms with van der Waals surface area (Å²) in [5.41, 5.74) is 4.41. The number of rotatable bonds is 7. The Bertz CT molecular complexity index is 1100. The standard InChI is InChI=1S/C22H24N2O5/c1-15-8-9-17(16(2)12-15)13-23(3)20(25)14-28-21(26)10-11-24-18-6-4-5-7-19(18)29-22(24)27/h4-9,12H,10-11,13-14H2,1-3H3. The Kier molecular flexibility index (Phi) is 6.16. The molecule has 0 aliphatic rings. The Balaban J connectivity index is 1.50. The van der Waals surface area contributed by atoms with Crippen molar-refractivity contribution in [1.29, 1.82) is 0 Å². The average molecular weight is 396 g/mol. The summed E-state index contributed by atoms with van der Waals surface area (Å²) in [5.74, 6) is -1.36. The van der Waals surface area contributed by atoms with Gasteiger partial charge in [0.1, 0.15) is 0 Å². The molecule has 2 aromatic carbocycles. The first-order valence-electron chi connectivity index (χ1n) is 9.39. The highest BCUT2D eigenvalue weighted by Gasteiger charge is 2.15. The van der Waals surface area contributed by atoms with Gasteiger partial charge in [0.2, 0.25) is 0 Å². The van der Waals surface area contributed by atoms with Crippen LogP contribution in [-0.4, -0.2) is 35.0 Å². The molecule has 152 valence electrons. The third kappa shape index (κ3) is 4.93. The fourth-order valence-corrected chi connectivity index (χ4v) is 3.12. The first-order valence-corrected chi connectivity index (χ1v) is 9.39. The van der Waals surface area contributed by atoms with E-state index < -0.39 is 11.7 Å². The van der Waals surface area contributed by atoms with E-state index in [1.54, 1.807) is 31.3 Å². The number of hydrogen-bond acceptors (Lipinski definition) is 5. The van der Waals surface area contributed by atoms with E-state index in [4.69, 9.17) is 9.15 Å². The second-order valence-corrected chi connectivity index (χ2v) is 7.08. The third-order valence-electron chi connectivity index (χ3n) is 4.80. The lowest BCUT2D eigenvalue weighted by Crippen LogP contribution is -2.31. The number of carbonyl (C=O) groups excluding carboxylic acids is 2. The molecule has 0 aliphatic carbocycles. The van der Waals surface area contributed by atoms with Crippen molar-refractivity contribution >= 4 is 23.0 Å². The van der Waals surface area contributed by atoms with Crippen molar-refractivity contribution < 1.29 is 18.7 Å². The maximum absolute atomic E-state index is 12.3. The molecular formula is C22H24N2O5. The zero-order valence-corrected chi connectivity index (χ0v) is 16.8. The zero-order chi connectivity index (χ0) is 21.0. The number of aryl methyl sites for hydroxylation is 3. The lowest BCUT2D eigenvalue weighted by molar-refractivity contribution is -0.151. The van der Waals surface area contributed by atoms with Crippen molar-refractivity contribution in [2.45, 2.75) is 33.4 Å².